The van der Waals surface area contributed by atoms with Gasteiger partial charge < -0.3 is 4.57 Å². The lowest BCUT2D eigenvalue weighted by molar-refractivity contribution is -0.646. The maximum Gasteiger partial charge on any atom is 0.332 e. The third-order valence-electron chi connectivity index (χ3n) is 5.03. The summed E-state index contributed by atoms with van der Waals surface area (Å²) >= 11 is 0. The van der Waals surface area contributed by atoms with Crippen LogP contribution in [0.2, 0.25) is 0 Å². The lowest BCUT2D eigenvalue weighted by Gasteiger charge is -2.03. The molecule has 0 N–H and O–H groups in total. The maximum absolute atomic E-state index is 12.5. The number of aryl methyl sites for hydroxylation is 3. The number of hydrogen-bond acceptors (Lipinski definition) is 3. The van der Waals surface area contributed by atoms with Crippen LogP contribution in [-0.2, 0) is 28.2 Å². The number of imidazole rings is 1. The summed E-state index contributed by atoms with van der Waals surface area (Å²) in [5.41, 5.74) is 2.18. The lowest BCUT2D eigenvalue weighted by Crippen LogP contribution is -2.37. The quantitative estimate of drug-likeness (QED) is 0.502. The summed E-state index contributed by atoms with van der Waals surface area (Å²) in [7, 11) is 6.88. The first kappa shape index (κ1) is 17.0. The van der Waals surface area contributed by atoms with E-state index >= 15 is 0 Å². The van der Waals surface area contributed by atoms with Crippen LogP contribution in [0, 0.1) is 0 Å². The standard InChI is InChI=1S/C20H20N5O2/c1-22-14(10-9-13-7-5-6-8-15(13)22)11-12-16-21-18-17(23(16)2)19(26)25(4)20(27)24(18)3/h5-12H,1-4H3/q+1. The minimum absolute atomic E-state index is 0.348. The number of para-hydroxylation sites is 1. The van der Waals surface area contributed by atoms with Crippen LogP contribution in [0.5, 0.6) is 0 Å². The predicted molar refractivity (Wildman–Crippen MR) is 105 cm³/mol. The molecule has 0 aliphatic heterocycles. The van der Waals surface area contributed by atoms with Gasteiger partial charge in [0, 0.05) is 44.7 Å². The molecule has 0 amide bonds. The van der Waals surface area contributed by atoms with E-state index in [1.165, 1.54) is 17.0 Å². The molecule has 0 saturated carbocycles. The molecular formula is C20H20N5O2+. The molecule has 0 spiro atoms. The van der Waals surface area contributed by atoms with Crippen molar-refractivity contribution in [3.05, 3.63) is 68.8 Å². The minimum atomic E-state index is -0.387. The zero-order valence-corrected chi connectivity index (χ0v) is 15.7. The molecule has 0 fully saturated rings. The number of fused-ring (bicyclic) bond motifs is 2. The van der Waals surface area contributed by atoms with Crippen molar-refractivity contribution in [1.82, 2.24) is 18.7 Å². The third kappa shape index (κ3) is 2.51. The van der Waals surface area contributed by atoms with E-state index in [2.05, 4.69) is 27.8 Å². The van der Waals surface area contributed by atoms with Gasteiger partial charge in [-0.15, -0.1) is 0 Å². The molecule has 3 aromatic heterocycles. The van der Waals surface area contributed by atoms with E-state index in [9.17, 15) is 9.59 Å². The number of nitrogens with zero attached hydrogens (tertiary/aromatic N) is 5. The molecule has 0 unspecified atom stereocenters. The van der Waals surface area contributed by atoms with Crippen molar-refractivity contribution in [3.63, 3.8) is 0 Å². The minimum Gasteiger partial charge on any atom is -0.322 e. The second kappa shape index (κ2) is 6.05. The zero-order valence-electron chi connectivity index (χ0n) is 15.7. The van der Waals surface area contributed by atoms with Gasteiger partial charge in [-0.2, -0.15) is 4.57 Å². The molecule has 7 heteroatoms. The second-order valence-corrected chi connectivity index (χ2v) is 6.62. The molecule has 4 rings (SSSR count). The van der Waals surface area contributed by atoms with E-state index in [0.29, 0.717) is 17.0 Å². The van der Waals surface area contributed by atoms with Crippen LogP contribution in [0.4, 0.5) is 0 Å². The van der Waals surface area contributed by atoms with Crippen LogP contribution in [0.15, 0.2) is 46.0 Å². The molecule has 0 saturated heterocycles. The van der Waals surface area contributed by atoms with Gasteiger partial charge in [-0.3, -0.25) is 13.9 Å². The van der Waals surface area contributed by atoms with Gasteiger partial charge in [-0.25, -0.2) is 9.78 Å². The molecule has 136 valence electrons. The van der Waals surface area contributed by atoms with Crippen molar-refractivity contribution < 1.29 is 4.57 Å². The summed E-state index contributed by atoms with van der Waals surface area (Å²) in [5, 5.41) is 1.17. The van der Waals surface area contributed by atoms with Crippen molar-refractivity contribution in [2.45, 2.75) is 0 Å². The van der Waals surface area contributed by atoms with Gasteiger partial charge in [0.05, 0.1) is 0 Å². The lowest BCUT2D eigenvalue weighted by atomic mass is 10.2. The van der Waals surface area contributed by atoms with Crippen molar-refractivity contribution >= 4 is 34.2 Å². The smallest absolute Gasteiger partial charge is 0.322 e. The molecule has 0 radical (unpaired) electrons. The molecule has 3 heterocycles. The Morgan fingerprint density at radius 3 is 2.44 bits per heavy atom. The van der Waals surface area contributed by atoms with Crippen LogP contribution < -0.4 is 15.8 Å². The topological polar surface area (TPSA) is 65.7 Å². The molecule has 27 heavy (non-hydrogen) atoms. The Morgan fingerprint density at radius 2 is 1.67 bits per heavy atom. The highest BCUT2D eigenvalue weighted by Crippen LogP contribution is 2.14. The Morgan fingerprint density at radius 1 is 0.926 bits per heavy atom. The first-order valence-corrected chi connectivity index (χ1v) is 8.58. The van der Waals surface area contributed by atoms with Gasteiger partial charge >= 0.3 is 5.69 Å². The Kier molecular flexibility index (Phi) is 3.80. The first-order chi connectivity index (χ1) is 12.9. The van der Waals surface area contributed by atoms with E-state index in [1.807, 2.05) is 37.4 Å². The van der Waals surface area contributed by atoms with Crippen LogP contribution in [0.1, 0.15) is 11.5 Å². The van der Waals surface area contributed by atoms with Crippen LogP contribution in [0.25, 0.3) is 34.2 Å². The summed E-state index contributed by atoms with van der Waals surface area (Å²) in [6.45, 7) is 0. The van der Waals surface area contributed by atoms with Gasteiger partial charge in [0.2, 0.25) is 11.2 Å². The second-order valence-electron chi connectivity index (χ2n) is 6.62. The molecule has 7 nitrogen and oxygen atoms in total. The van der Waals surface area contributed by atoms with E-state index in [4.69, 9.17) is 0 Å². The van der Waals surface area contributed by atoms with Gasteiger partial charge in [0.1, 0.15) is 12.9 Å². The largest absolute Gasteiger partial charge is 0.332 e. The Bertz CT molecular complexity index is 1360. The normalized spacial score (nSPS) is 11.9. The van der Waals surface area contributed by atoms with E-state index in [1.54, 1.807) is 18.7 Å². The summed E-state index contributed by atoms with van der Waals surface area (Å²) in [6, 6.07) is 12.3. The molecule has 0 aliphatic carbocycles. The molecular weight excluding hydrogens is 342 g/mol. The third-order valence-corrected chi connectivity index (χ3v) is 5.03. The van der Waals surface area contributed by atoms with Crippen LogP contribution in [0.3, 0.4) is 0 Å². The molecule has 0 bridgehead atoms. The number of pyridine rings is 1. The average Bonchev–Trinajstić information content (AvgIpc) is 3.01. The maximum atomic E-state index is 12.5. The summed E-state index contributed by atoms with van der Waals surface area (Å²) in [5.74, 6) is 0.608. The Balaban J connectivity index is 1.87. The van der Waals surface area contributed by atoms with Crippen molar-refractivity contribution in [3.8, 4) is 0 Å². The fourth-order valence-corrected chi connectivity index (χ4v) is 3.37. The summed E-state index contributed by atoms with van der Waals surface area (Å²) in [4.78, 5) is 29.1. The van der Waals surface area contributed by atoms with Crippen molar-refractivity contribution in [2.75, 3.05) is 0 Å². The van der Waals surface area contributed by atoms with Crippen LogP contribution in [-0.4, -0.2) is 18.7 Å². The fraction of sp³-hybridized carbons (Fsp3) is 0.200. The zero-order chi connectivity index (χ0) is 19.3. The molecule has 1 aromatic carbocycles. The van der Waals surface area contributed by atoms with Gasteiger partial charge in [0.25, 0.3) is 5.56 Å². The predicted octanol–water partition coefficient (Wildman–Crippen LogP) is 1.12. The van der Waals surface area contributed by atoms with Gasteiger partial charge in [-0.1, -0.05) is 12.1 Å². The van der Waals surface area contributed by atoms with Crippen LogP contribution >= 0.6 is 0 Å². The number of rotatable bonds is 2. The average molecular weight is 362 g/mol. The Labute approximate surface area is 155 Å². The highest BCUT2D eigenvalue weighted by molar-refractivity contribution is 5.78. The highest BCUT2D eigenvalue weighted by atomic mass is 16.2. The molecule has 4 aromatic rings. The molecule has 0 atom stereocenters. The fourth-order valence-electron chi connectivity index (χ4n) is 3.37. The first-order valence-electron chi connectivity index (χ1n) is 8.58. The van der Waals surface area contributed by atoms with E-state index < -0.39 is 0 Å². The number of aromatic nitrogens is 5. The van der Waals surface area contributed by atoms with E-state index in [0.717, 1.165) is 15.8 Å². The summed E-state index contributed by atoms with van der Waals surface area (Å²) < 4.78 is 6.31. The van der Waals surface area contributed by atoms with Crippen molar-refractivity contribution in [1.29, 1.82) is 0 Å². The number of benzene rings is 1. The highest BCUT2D eigenvalue weighted by Gasteiger charge is 2.16. The monoisotopic (exact) mass is 362 g/mol. The van der Waals surface area contributed by atoms with Crippen molar-refractivity contribution in [2.24, 2.45) is 28.2 Å². The Hall–Kier alpha value is -3.48. The summed E-state index contributed by atoms with van der Waals surface area (Å²) in [6.07, 6.45) is 3.81. The van der Waals surface area contributed by atoms with E-state index in [-0.39, 0.29) is 11.2 Å². The number of hydrogen-bond donors (Lipinski definition) is 0. The molecule has 0 aliphatic rings. The van der Waals surface area contributed by atoms with Gasteiger partial charge in [0.15, 0.2) is 11.2 Å². The van der Waals surface area contributed by atoms with Gasteiger partial charge in [-0.05, 0) is 18.2 Å². The SMILES string of the molecule is Cn1c(=O)c2c(nc(/C=C/c3ccc4ccccc4[n+]3C)n2C)n(C)c1=O.